The summed E-state index contributed by atoms with van der Waals surface area (Å²) < 4.78 is 5.07. The highest BCUT2D eigenvalue weighted by Gasteiger charge is 2.25. The van der Waals surface area contributed by atoms with Gasteiger partial charge in [0.05, 0.1) is 12.2 Å². The molecule has 0 amide bonds. The van der Waals surface area contributed by atoms with Crippen molar-refractivity contribution < 1.29 is 9.53 Å². The molecule has 4 nitrogen and oxygen atoms in total. The van der Waals surface area contributed by atoms with E-state index >= 15 is 0 Å². The standard InChI is InChI=1S/C31H36N2O2/c1-2-35-31(34)28-14-12-26(13-15-28)24-8-10-25(11-9-24)27-16-18-30(19-17-27)33-22-20-32(21-23-33)29-6-4-3-5-7-29/h8-19,29H,2-7,20-23H2,1H3. The number of ether oxygens (including phenoxy) is 1. The Kier molecular flexibility index (Phi) is 7.48. The molecule has 0 spiro atoms. The van der Waals surface area contributed by atoms with Crippen molar-refractivity contribution in [2.45, 2.75) is 45.1 Å². The van der Waals surface area contributed by atoms with Crippen LogP contribution in [-0.2, 0) is 4.74 Å². The number of hydrogen-bond donors (Lipinski definition) is 0. The Morgan fingerprint density at radius 2 is 1.20 bits per heavy atom. The maximum atomic E-state index is 11.9. The SMILES string of the molecule is CCOC(=O)c1ccc(-c2ccc(-c3ccc(N4CCN(C5CCCCC5)CC4)cc3)cc2)cc1. The Labute approximate surface area is 209 Å². The lowest BCUT2D eigenvalue weighted by atomic mass is 9.94. The molecule has 0 aromatic heterocycles. The normalized spacial score (nSPS) is 17.3. The molecule has 1 saturated carbocycles. The second-order valence-corrected chi connectivity index (χ2v) is 9.74. The van der Waals surface area contributed by atoms with Gasteiger partial charge in [-0.3, -0.25) is 4.90 Å². The molecule has 0 N–H and O–H groups in total. The van der Waals surface area contributed by atoms with Crippen LogP contribution in [0.2, 0.25) is 0 Å². The van der Waals surface area contributed by atoms with Gasteiger partial charge in [0.15, 0.2) is 0 Å². The molecule has 0 radical (unpaired) electrons. The van der Waals surface area contributed by atoms with Crippen molar-refractivity contribution in [2.75, 3.05) is 37.7 Å². The largest absolute Gasteiger partial charge is 0.462 e. The molecule has 2 aliphatic rings. The average Bonchev–Trinajstić information content (AvgIpc) is 2.94. The maximum absolute atomic E-state index is 11.9. The fraction of sp³-hybridized carbons (Fsp3) is 0.387. The predicted molar refractivity (Wildman–Crippen MR) is 144 cm³/mol. The van der Waals surface area contributed by atoms with E-state index in [1.165, 1.54) is 62.0 Å². The van der Waals surface area contributed by atoms with Crippen LogP contribution in [0.15, 0.2) is 72.8 Å². The highest BCUT2D eigenvalue weighted by Crippen LogP contribution is 2.28. The van der Waals surface area contributed by atoms with Gasteiger partial charge in [0, 0.05) is 37.9 Å². The summed E-state index contributed by atoms with van der Waals surface area (Å²) in [5.41, 5.74) is 6.59. The number of anilines is 1. The Balaban J connectivity index is 1.19. The van der Waals surface area contributed by atoms with E-state index in [2.05, 4.69) is 58.3 Å². The van der Waals surface area contributed by atoms with Gasteiger partial charge in [-0.05, 0) is 66.3 Å². The van der Waals surface area contributed by atoms with E-state index in [0.29, 0.717) is 12.2 Å². The van der Waals surface area contributed by atoms with Crippen LogP contribution in [0.3, 0.4) is 0 Å². The lowest BCUT2D eigenvalue weighted by molar-refractivity contribution is 0.0526. The molecule has 5 rings (SSSR count). The van der Waals surface area contributed by atoms with Crippen molar-refractivity contribution in [3.63, 3.8) is 0 Å². The summed E-state index contributed by atoms with van der Waals surface area (Å²) in [5.74, 6) is -0.274. The first-order valence-corrected chi connectivity index (χ1v) is 13.2. The molecule has 1 aliphatic carbocycles. The summed E-state index contributed by atoms with van der Waals surface area (Å²) >= 11 is 0. The molecule has 0 unspecified atom stereocenters. The Morgan fingerprint density at radius 1 is 0.714 bits per heavy atom. The highest BCUT2D eigenvalue weighted by atomic mass is 16.5. The predicted octanol–water partition coefficient (Wildman–Crippen LogP) is 6.65. The minimum absolute atomic E-state index is 0.274. The molecule has 182 valence electrons. The fourth-order valence-electron chi connectivity index (χ4n) is 5.52. The zero-order valence-corrected chi connectivity index (χ0v) is 20.8. The molecule has 2 fully saturated rings. The van der Waals surface area contributed by atoms with Crippen LogP contribution in [0.4, 0.5) is 5.69 Å². The number of carbonyl (C=O) groups is 1. The molecular weight excluding hydrogens is 432 g/mol. The molecule has 0 bridgehead atoms. The van der Waals surface area contributed by atoms with Gasteiger partial charge in [0.2, 0.25) is 0 Å². The summed E-state index contributed by atoms with van der Waals surface area (Å²) in [4.78, 5) is 17.1. The third-order valence-corrected chi connectivity index (χ3v) is 7.59. The van der Waals surface area contributed by atoms with Crippen molar-refractivity contribution >= 4 is 11.7 Å². The van der Waals surface area contributed by atoms with Gasteiger partial charge in [0.25, 0.3) is 0 Å². The minimum atomic E-state index is -0.274. The molecule has 1 saturated heterocycles. The van der Waals surface area contributed by atoms with Crippen LogP contribution in [0, 0.1) is 0 Å². The van der Waals surface area contributed by atoms with Gasteiger partial charge in [-0.2, -0.15) is 0 Å². The Hall–Kier alpha value is -3.11. The van der Waals surface area contributed by atoms with Crippen molar-refractivity contribution in [2.24, 2.45) is 0 Å². The topological polar surface area (TPSA) is 32.8 Å². The van der Waals surface area contributed by atoms with E-state index in [0.717, 1.165) is 30.3 Å². The molecule has 1 aliphatic heterocycles. The first-order chi connectivity index (χ1) is 17.2. The van der Waals surface area contributed by atoms with Crippen LogP contribution in [-0.4, -0.2) is 49.7 Å². The molecule has 0 atom stereocenters. The van der Waals surface area contributed by atoms with E-state index in [-0.39, 0.29) is 5.97 Å². The van der Waals surface area contributed by atoms with Crippen LogP contribution >= 0.6 is 0 Å². The summed E-state index contributed by atoms with van der Waals surface area (Å²) in [5, 5.41) is 0. The summed E-state index contributed by atoms with van der Waals surface area (Å²) in [6, 6.07) is 26.1. The second kappa shape index (κ2) is 11.1. The summed E-state index contributed by atoms with van der Waals surface area (Å²) in [7, 11) is 0. The molecule has 3 aromatic rings. The Bertz CT molecular complexity index is 1090. The lowest BCUT2D eigenvalue weighted by Crippen LogP contribution is -2.50. The van der Waals surface area contributed by atoms with Crippen molar-refractivity contribution in [3.8, 4) is 22.3 Å². The van der Waals surface area contributed by atoms with Crippen molar-refractivity contribution in [3.05, 3.63) is 78.4 Å². The van der Waals surface area contributed by atoms with Crippen LogP contribution in [0.5, 0.6) is 0 Å². The van der Waals surface area contributed by atoms with E-state index in [4.69, 9.17) is 4.74 Å². The van der Waals surface area contributed by atoms with Crippen LogP contribution in [0.25, 0.3) is 22.3 Å². The van der Waals surface area contributed by atoms with Crippen molar-refractivity contribution in [1.29, 1.82) is 0 Å². The quantitative estimate of drug-likeness (QED) is 0.379. The smallest absolute Gasteiger partial charge is 0.338 e. The van der Waals surface area contributed by atoms with Gasteiger partial charge in [0.1, 0.15) is 0 Å². The van der Waals surface area contributed by atoms with Gasteiger partial charge < -0.3 is 9.64 Å². The van der Waals surface area contributed by atoms with Crippen molar-refractivity contribution in [1.82, 2.24) is 4.90 Å². The first-order valence-electron chi connectivity index (χ1n) is 13.2. The summed E-state index contributed by atoms with van der Waals surface area (Å²) in [6.07, 6.45) is 7.04. The molecular formula is C31H36N2O2. The van der Waals surface area contributed by atoms with Gasteiger partial charge in [-0.25, -0.2) is 4.79 Å². The van der Waals surface area contributed by atoms with E-state index in [9.17, 15) is 4.79 Å². The highest BCUT2D eigenvalue weighted by molar-refractivity contribution is 5.90. The second-order valence-electron chi connectivity index (χ2n) is 9.74. The third kappa shape index (κ3) is 5.59. The van der Waals surface area contributed by atoms with Gasteiger partial charge in [-0.1, -0.05) is 67.8 Å². The number of rotatable bonds is 6. The number of nitrogens with zero attached hydrogens (tertiary/aromatic N) is 2. The maximum Gasteiger partial charge on any atom is 0.338 e. The molecule has 35 heavy (non-hydrogen) atoms. The lowest BCUT2D eigenvalue weighted by Gasteiger charge is -2.41. The average molecular weight is 469 g/mol. The Morgan fingerprint density at radius 3 is 1.71 bits per heavy atom. The number of hydrogen-bond acceptors (Lipinski definition) is 4. The monoisotopic (exact) mass is 468 g/mol. The summed E-state index contributed by atoms with van der Waals surface area (Å²) in [6.45, 7) is 6.84. The number of carbonyl (C=O) groups excluding carboxylic acids is 1. The van der Waals surface area contributed by atoms with Crippen LogP contribution < -0.4 is 4.90 Å². The molecule has 4 heteroatoms. The third-order valence-electron chi connectivity index (χ3n) is 7.59. The van der Waals surface area contributed by atoms with E-state index in [1.54, 1.807) is 0 Å². The number of esters is 1. The first kappa shape index (κ1) is 23.6. The van der Waals surface area contributed by atoms with Gasteiger partial charge in [-0.15, -0.1) is 0 Å². The van der Waals surface area contributed by atoms with Crippen LogP contribution in [0.1, 0.15) is 49.4 Å². The van der Waals surface area contributed by atoms with Gasteiger partial charge >= 0.3 is 5.97 Å². The molecule has 1 heterocycles. The van der Waals surface area contributed by atoms with E-state index in [1.807, 2.05) is 31.2 Å². The fourth-order valence-corrected chi connectivity index (χ4v) is 5.52. The van der Waals surface area contributed by atoms with E-state index < -0.39 is 0 Å². The minimum Gasteiger partial charge on any atom is -0.462 e. The zero-order valence-electron chi connectivity index (χ0n) is 20.8. The number of benzene rings is 3. The molecule has 3 aromatic carbocycles. The number of piperazine rings is 1. The zero-order chi connectivity index (χ0) is 24.0.